The number of hydrogen-bond acceptors (Lipinski definition) is 3. The van der Waals surface area contributed by atoms with Crippen molar-refractivity contribution in [2.24, 2.45) is 11.7 Å². The van der Waals surface area contributed by atoms with Crippen LogP contribution in [0, 0.1) is 5.92 Å². The van der Waals surface area contributed by atoms with Crippen molar-refractivity contribution in [3.05, 3.63) is 0 Å². The zero-order valence-corrected chi connectivity index (χ0v) is 7.09. The molecule has 66 valence electrons. The normalized spacial score (nSPS) is 12.6. The Morgan fingerprint density at radius 2 is 2.27 bits per heavy atom. The van der Waals surface area contributed by atoms with Gasteiger partial charge in [0, 0.05) is 6.54 Å². The Labute approximate surface area is 67.0 Å². The highest BCUT2D eigenvalue weighted by Gasteiger charge is 2.13. The van der Waals surface area contributed by atoms with Gasteiger partial charge in [0.15, 0.2) is 0 Å². The summed E-state index contributed by atoms with van der Waals surface area (Å²) in [7, 11) is 0. The fraction of sp³-hybridized carbons (Fsp3) is 0.857. The van der Waals surface area contributed by atoms with Crippen LogP contribution in [-0.4, -0.2) is 19.1 Å². The zero-order chi connectivity index (χ0) is 8.69. The maximum atomic E-state index is 11.0. The fourth-order valence-electron chi connectivity index (χ4n) is 0.686. The van der Waals surface area contributed by atoms with Gasteiger partial charge in [-0.25, -0.2) is 5.48 Å². The van der Waals surface area contributed by atoms with Gasteiger partial charge in [-0.1, -0.05) is 6.92 Å². The maximum Gasteiger partial charge on any atom is 0.247 e. The van der Waals surface area contributed by atoms with Crippen molar-refractivity contribution in [2.45, 2.75) is 20.3 Å². The number of nitrogens with two attached hydrogens (primary N) is 1. The summed E-state index contributed by atoms with van der Waals surface area (Å²) in [6.45, 7) is 4.58. The van der Waals surface area contributed by atoms with Crippen molar-refractivity contribution in [3.8, 4) is 0 Å². The van der Waals surface area contributed by atoms with E-state index in [0.717, 1.165) is 6.42 Å². The van der Waals surface area contributed by atoms with Crippen LogP contribution in [0.1, 0.15) is 20.3 Å². The molecule has 0 aliphatic carbocycles. The van der Waals surface area contributed by atoms with Crippen LogP contribution >= 0.6 is 0 Å². The largest absolute Gasteiger partial charge is 0.330 e. The van der Waals surface area contributed by atoms with E-state index >= 15 is 0 Å². The first-order valence-electron chi connectivity index (χ1n) is 3.87. The van der Waals surface area contributed by atoms with Crippen molar-refractivity contribution < 1.29 is 9.63 Å². The van der Waals surface area contributed by atoms with Crippen LogP contribution in [-0.2, 0) is 9.63 Å². The molecule has 0 aliphatic heterocycles. The van der Waals surface area contributed by atoms with Gasteiger partial charge >= 0.3 is 0 Å². The van der Waals surface area contributed by atoms with E-state index in [-0.39, 0.29) is 11.8 Å². The van der Waals surface area contributed by atoms with E-state index in [4.69, 9.17) is 10.6 Å². The Bertz CT molecular complexity index is 113. The second-order valence-corrected chi connectivity index (χ2v) is 2.24. The average molecular weight is 160 g/mol. The van der Waals surface area contributed by atoms with E-state index in [1.54, 1.807) is 0 Å². The molecule has 0 radical (unpaired) electrons. The monoisotopic (exact) mass is 160 g/mol. The Balaban J connectivity index is 3.61. The fourth-order valence-corrected chi connectivity index (χ4v) is 0.686. The molecule has 11 heavy (non-hydrogen) atoms. The summed E-state index contributed by atoms with van der Waals surface area (Å²) in [4.78, 5) is 15.8. The van der Waals surface area contributed by atoms with E-state index < -0.39 is 0 Å². The molecule has 0 aromatic heterocycles. The molecule has 4 heteroatoms. The van der Waals surface area contributed by atoms with Crippen molar-refractivity contribution in [1.82, 2.24) is 5.48 Å². The summed E-state index contributed by atoms with van der Waals surface area (Å²) >= 11 is 0. The van der Waals surface area contributed by atoms with E-state index in [2.05, 4.69) is 5.48 Å². The molecule has 3 N–H and O–H groups in total. The lowest BCUT2D eigenvalue weighted by molar-refractivity contribution is -0.137. The van der Waals surface area contributed by atoms with Crippen molar-refractivity contribution >= 4 is 5.91 Å². The number of hydrogen-bond donors (Lipinski definition) is 2. The molecule has 1 unspecified atom stereocenters. The molecule has 0 fully saturated rings. The van der Waals surface area contributed by atoms with Crippen LogP contribution in [0.5, 0.6) is 0 Å². The molecule has 0 aliphatic rings. The predicted octanol–water partition coefficient (Wildman–Crippen LogP) is 0.0390. The topological polar surface area (TPSA) is 64.3 Å². The average Bonchev–Trinajstić information content (AvgIpc) is 2.03. The molecule has 0 rings (SSSR count). The molecular weight excluding hydrogens is 144 g/mol. The van der Waals surface area contributed by atoms with E-state index in [9.17, 15) is 4.79 Å². The number of amides is 1. The predicted molar refractivity (Wildman–Crippen MR) is 42.6 cm³/mol. The quantitative estimate of drug-likeness (QED) is 0.558. The number of nitrogens with one attached hydrogen (secondary N) is 1. The van der Waals surface area contributed by atoms with Gasteiger partial charge in [0.25, 0.3) is 0 Å². The minimum atomic E-state index is -0.128. The highest BCUT2D eigenvalue weighted by molar-refractivity contribution is 5.77. The molecule has 0 aromatic rings. The van der Waals surface area contributed by atoms with Crippen molar-refractivity contribution in [1.29, 1.82) is 0 Å². The first-order valence-corrected chi connectivity index (χ1v) is 3.87. The smallest absolute Gasteiger partial charge is 0.247 e. The third kappa shape index (κ3) is 3.95. The van der Waals surface area contributed by atoms with Crippen LogP contribution in [0.15, 0.2) is 0 Å². The minimum Gasteiger partial charge on any atom is -0.330 e. The summed E-state index contributed by atoms with van der Waals surface area (Å²) in [5.41, 5.74) is 7.65. The SMILES string of the molecule is CCONC(=O)C(CC)CN. The number of carbonyl (C=O) groups excluding carboxylic acids is 1. The van der Waals surface area contributed by atoms with E-state index in [0.29, 0.717) is 13.2 Å². The molecule has 0 spiro atoms. The number of rotatable bonds is 5. The van der Waals surface area contributed by atoms with Gasteiger partial charge < -0.3 is 5.73 Å². The van der Waals surface area contributed by atoms with Gasteiger partial charge in [0.2, 0.25) is 5.91 Å². The number of hydroxylamine groups is 1. The van der Waals surface area contributed by atoms with Crippen LogP contribution < -0.4 is 11.2 Å². The lowest BCUT2D eigenvalue weighted by Crippen LogP contribution is -2.34. The molecule has 4 nitrogen and oxygen atoms in total. The van der Waals surface area contributed by atoms with Crippen LogP contribution in [0.3, 0.4) is 0 Å². The zero-order valence-electron chi connectivity index (χ0n) is 7.09. The highest BCUT2D eigenvalue weighted by atomic mass is 16.6. The van der Waals surface area contributed by atoms with Gasteiger partial charge in [-0.15, -0.1) is 0 Å². The summed E-state index contributed by atoms with van der Waals surface area (Å²) < 4.78 is 0. The lowest BCUT2D eigenvalue weighted by Gasteiger charge is -2.10. The molecular formula is C7H16N2O2. The third-order valence-electron chi connectivity index (χ3n) is 1.47. The molecule has 1 atom stereocenters. The number of carbonyl (C=O) groups is 1. The highest BCUT2D eigenvalue weighted by Crippen LogP contribution is 1.98. The third-order valence-corrected chi connectivity index (χ3v) is 1.47. The second kappa shape index (κ2) is 6.12. The molecule has 0 saturated carbocycles. The Kier molecular flexibility index (Phi) is 5.78. The van der Waals surface area contributed by atoms with Crippen LogP contribution in [0.25, 0.3) is 0 Å². The molecule has 0 saturated heterocycles. The van der Waals surface area contributed by atoms with Gasteiger partial charge in [-0.3, -0.25) is 9.63 Å². The van der Waals surface area contributed by atoms with Crippen molar-refractivity contribution in [3.63, 3.8) is 0 Å². The van der Waals surface area contributed by atoms with E-state index in [1.165, 1.54) is 0 Å². The first-order chi connectivity index (χ1) is 5.26. The second-order valence-electron chi connectivity index (χ2n) is 2.24. The summed E-state index contributed by atoms with van der Waals surface area (Å²) in [5, 5.41) is 0. The standard InChI is InChI=1S/C7H16N2O2/c1-3-6(5-8)7(10)9-11-4-2/h6H,3-5,8H2,1-2H3,(H,9,10). The first kappa shape index (κ1) is 10.4. The molecule has 0 heterocycles. The van der Waals surface area contributed by atoms with Crippen LogP contribution in [0.4, 0.5) is 0 Å². The van der Waals surface area contributed by atoms with Crippen molar-refractivity contribution in [2.75, 3.05) is 13.2 Å². The molecule has 0 bridgehead atoms. The van der Waals surface area contributed by atoms with E-state index in [1.807, 2.05) is 13.8 Å². The Morgan fingerprint density at radius 3 is 2.64 bits per heavy atom. The minimum absolute atomic E-state index is 0.124. The molecule has 0 aromatic carbocycles. The summed E-state index contributed by atoms with van der Waals surface area (Å²) in [5.74, 6) is -0.251. The maximum absolute atomic E-state index is 11.0. The Morgan fingerprint density at radius 1 is 1.64 bits per heavy atom. The summed E-state index contributed by atoms with van der Waals surface area (Å²) in [6, 6.07) is 0. The molecule has 1 amide bonds. The van der Waals surface area contributed by atoms with Gasteiger partial charge in [-0.05, 0) is 13.3 Å². The van der Waals surface area contributed by atoms with Gasteiger partial charge in [0.05, 0.1) is 12.5 Å². The van der Waals surface area contributed by atoms with Gasteiger partial charge in [-0.2, -0.15) is 0 Å². The van der Waals surface area contributed by atoms with Gasteiger partial charge in [0.1, 0.15) is 0 Å². The lowest BCUT2D eigenvalue weighted by atomic mass is 10.1. The van der Waals surface area contributed by atoms with Crippen LogP contribution in [0.2, 0.25) is 0 Å². The summed E-state index contributed by atoms with van der Waals surface area (Å²) in [6.07, 6.45) is 0.745. The Hall–Kier alpha value is -0.610.